The molecule has 0 bridgehead atoms. The van der Waals surface area contributed by atoms with Gasteiger partial charge in [-0.25, -0.2) is 0 Å². The molecule has 1 fully saturated rings. The number of para-hydroxylation sites is 2. The van der Waals surface area contributed by atoms with Crippen LogP contribution in [0.4, 0.5) is 5.69 Å². The zero-order valence-corrected chi connectivity index (χ0v) is 13.1. The first-order chi connectivity index (χ1) is 9.46. The van der Waals surface area contributed by atoms with Crippen molar-refractivity contribution in [2.24, 2.45) is 5.92 Å². The summed E-state index contributed by atoms with van der Waals surface area (Å²) in [6.45, 7) is 10.2. The van der Waals surface area contributed by atoms with Crippen molar-refractivity contribution in [1.29, 1.82) is 0 Å². The van der Waals surface area contributed by atoms with Crippen molar-refractivity contribution in [3.8, 4) is 5.75 Å². The predicted octanol–water partition coefficient (Wildman–Crippen LogP) is 4.09. The number of benzene rings is 1. The standard InChI is InChI=1S/C17H27NO2/c1-13(2)12-19-16-8-6-5-7-15(16)18-14-9-10-20-17(3,4)11-14/h5-8,13-14,18H,9-12H2,1-4H3. The van der Waals surface area contributed by atoms with Crippen LogP contribution in [0.1, 0.15) is 40.5 Å². The minimum Gasteiger partial charge on any atom is -0.491 e. The van der Waals surface area contributed by atoms with Crippen LogP contribution in [0.15, 0.2) is 24.3 Å². The molecular weight excluding hydrogens is 250 g/mol. The van der Waals surface area contributed by atoms with Gasteiger partial charge in [-0.3, -0.25) is 0 Å². The highest BCUT2D eigenvalue weighted by atomic mass is 16.5. The molecule has 0 saturated carbocycles. The number of nitrogens with one attached hydrogen (secondary N) is 1. The Balaban J connectivity index is 2.01. The number of hydrogen-bond acceptors (Lipinski definition) is 3. The third-order valence-corrected chi connectivity index (χ3v) is 3.52. The van der Waals surface area contributed by atoms with Gasteiger partial charge in [0.2, 0.25) is 0 Å². The Morgan fingerprint density at radius 2 is 2.10 bits per heavy atom. The maximum Gasteiger partial charge on any atom is 0.142 e. The van der Waals surface area contributed by atoms with E-state index in [4.69, 9.17) is 9.47 Å². The molecule has 3 heteroatoms. The number of anilines is 1. The van der Waals surface area contributed by atoms with Crippen LogP contribution in [0, 0.1) is 5.92 Å². The predicted molar refractivity (Wildman–Crippen MR) is 83.5 cm³/mol. The summed E-state index contributed by atoms with van der Waals surface area (Å²) in [5, 5.41) is 3.62. The molecule has 1 atom stereocenters. The second-order valence-corrected chi connectivity index (χ2v) is 6.64. The molecule has 112 valence electrons. The molecule has 1 unspecified atom stereocenters. The van der Waals surface area contributed by atoms with Crippen LogP contribution < -0.4 is 10.1 Å². The van der Waals surface area contributed by atoms with Gasteiger partial charge in [0.25, 0.3) is 0 Å². The highest BCUT2D eigenvalue weighted by Gasteiger charge is 2.29. The number of rotatable bonds is 5. The average Bonchev–Trinajstić information content (AvgIpc) is 2.36. The van der Waals surface area contributed by atoms with E-state index in [0.29, 0.717) is 12.0 Å². The molecule has 0 aliphatic carbocycles. The Morgan fingerprint density at radius 1 is 1.35 bits per heavy atom. The van der Waals surface area contributed by atoms with E-state index in [1.165, 1.54) is 0 Å². The van der Waals surface area contributed by atoms with Gasteiger partial charge in [0.05, 0.1) is 17.9 Å². The molecule has 3 nitrogen and oxygen atoms in total. The van der Waals surface area contributed by atoms with Crippen molar-refractivity contribution in [3.63, 3.8) is 0 Å². The van der Waals surface area contributed by atoms with Crippen molar-refractivity contribution >= 4 is 5.69 Å². The highest BCUT2D eigenvalue weighted by Crippen LogP contribution is 2.30. The molecule has 1 N–H and O–H groups in total. The topological polar surface area (TPSA) is 30.5 Å². The largest absolute Gasteiger partial charge is 0.491 e. The molecule has 0 aromatic heterocycles. The van der Waals surface area contributed by atoms with E-state index < -0.39 is 0 Å². The lowest BCUT2D eigenvalue weighted by Gasteiger charge is -2.36. The second kappa shape index (κ2) is 6.49. The van der Waals surface area contributed by atoms with Crippen LogP contribution >= 0.6 is 0 Å². The van der Waals surface area contributed by atoms with Crippen LogP contribution in [0.2, 0.25) is 0 Å². The van der Waals surface area contributed by atoms with Gasteiger partial charge in [-0.05, 0) is 44.7 Å². The maximum absolute atomic E-state index is 5.90. The zero-order chi connectivity index (χ0) is 14.6. The molecule has 1 aliphatic heterocycles. The Kier molecular flexibility index (Phi) is 4.92. The first-order valence-electron chi connectivity index (χ1n) is 7.58. The molecule has 0 radical (unpaired) electrons. The van der Waals surface area contributed by atoms with E-state index in [1.807, 2.05) is 12.1 Å². The van der Waals surface area contributed by atoms with Gasteiger partial charge in [0.1, 0.15) is 5.75 Å². The van der Waals surface area contributed by atoms with Crippen molar-refractivity contribution in [2.75, 3.05) is 18.5 Å². The number of hydrogen-bond donors (Lipinski definition) is 1. The van der Waals surface area contributed by atoms with E-state index in [1.54, 1.807) is 0 Å². The lowest BCUT2D eigenvalue weighted by Crippen LogP contribution is -2.40. The summed E-state index contributed by atoms with van der Waals surface area (Å²) in [7, 11) is 0. The third-order valence-electron chi connectivity index (χ3n) is 3.52. The Hall–Kier alpha value is -1.22. The molecule has 1 saturated heterocycles. The SMILES string of the molecule is CC(C)COc1ccccc1NC1CCOC(C)(C)C1. The lowest BCUT2D eigenvalue weighted by atomic mass is 9.94. The Labute approximate surface area is 122 Å². The Bertz CT molecular complexity index is 429. The molecule has 0 amide bonds. The van der Waals surface area contributed by atoms with E-state index in [2.05, 4.69) is 45.1 Å². The van der Waals surface area contributed by atoms with Crippen LogP contribution in [0.25, 0.3) is 0 Å². The van der Waals surface area contributed by atoms with Gasteiger partial charge in [-0.15, -0.1) is 0 Å². The van der Waals surface area contributed by atoms with E-state index in [0.717, 1.165) is 37.5 Å². The van der Waals surface area contributed by atoms with Crippen molar-refractivity contribution in [1.82, 2.24) is 0 Å². The van der Waals surface area contributed by atoms with Crippen LogP contribution in [0.3, 0.4) is 0 Å². The average molecular weight is 277 g/mol. The lowest BCUT2D eigenvalue weighted by molar-refractivity contribution is -0.0553. The molecule has 1 aromatic carbocycles. The van der Waals surface area contributed by atoms with Crippen molar-refractivity contribution in [3.05, 3.63) is 24.3 Å². The molecule has 2 rings (SSSR count). The molecule has 1 aliphatic rings. The maximum atomic E-state index is 5.90. The fourth-order valence-electron chi connectivity index (χ4n) is 2.54. The smallest absolute Gasteiger partial charge is 0.142 e. The van der Waals surface area contributed by atoms with Gasteiger partial charge in [0, 0.05) is 12.6 Å². The molecule has 20 heavy (non-hydrogen) atoms. The van der Waals surface area contributed by atoms with Gasteiger partial charge < -0.3 is 14.8 Å². The van der Waals surface area contributed by atoms with Crippen molar-refractivity contribution < 1.29 is 9.47 Å². The van der Waals surface area contributed by atoms with E-state index in [-0.39, 0.29) is 5.60 Å². The molecule has 1 aromatic rings. The fraction of sp³-hybridized carbons (Fsp3) is 0.647. The van der Waals surface area contributed by atoms with Crippen LogP contribution in [-0.2, 0) is 4.74 Å². The van der Waals surface area contributed by atoms with Gasteiger partial charge in [-0.2, -0.15) is 0 Å². The van der Waals surface area contributed by atoms with Gasteiger partial charge in [-0.1, -0.05) is 26.0 Å². The van der Waals surface area contributed by atoms with Crippen LogP contribution in [0.5, 0.6) is 5.75 Å². The van der Waals surface area contributed by atoms with Gasteiger partial charge in [0.15, 0.2) is 0 Å². The summed E-state index contributed by atoms with van der Waals surface area (Å²) in [5.74, 6) is 1.48. The second-order valence-electron chi connectivity index (χ2n) is 6.64. The third kappa shape index (κ3) is 4.41. The monoisotopic (exact) mass is 277 g/mol. The summed E-state index contributed by atoms with van der Waals surface area (Å²) in [4.78, 5) is 0. The van der Waals surface area contributed by atoms with Crippen LogP contribution in [-0.4, -0.2) is 24.9 Å². The normalized spacial score (nSPS) is 21.8. The molecular formula is C17H27NO2. The summed E-state index contributed by atoms with van der Waals surface area (Å²) in [6, 6.07) is 8.65. The summed E-state index contributed by atoms with van der Waals surface area (Å²) >= 11 is 0. The minimum atomic E-state index is -0.0380. The Morgan fingerprint density at radius 3 is 2.80 bits per heavy atom. The van der Waals surface area contributed by atoms with Crippen molar-refractivity contribution in [2.45, 2.75) is 52.2 Å². The number of ether oxygens (including phenoxy) is 2. The summed E-state index contributed by atoms with van der Waals surface area (Å²) < 4.78 is 11.7. The minimum absolute atomic E-state index is 0.0380. The summed E-state index contributed by atoms with van der Waals surface area (Å²) in [5.41, 5.74) is 1.06. The first-order valence-corrected chi connectivity index (χ1v) is 7.58. The molecule has 0 spiro atoms. The fourth-order valence-corrected chi connectivity index (χ4v) is 2.54. The van der Waals surface area contributed by atoms with E-state index >= 15 is 0 Å². The van der Waals surface area contributed by atoms with E-state index in [9.17, 15) is 0 Å². The van der Waals surface area contributed by atoms with Gasteiger partial charge >= 0.3 is 0 Å². The first kappa shape index (κ1) is 15.2. The zero-order valence-electron chi connectivity index (χ0n) is 13.1. The highest BCUT2D eigenvalue weighted by molar-refractivity contribution is 5.56. The quantitative estimate of drug-likeness (QED) is 0.879. The summed E-state index contributed by atoms with van der Waals surface area (Å²) in [6.07, 6.45) is 2.06. The molecule has 1 heterocycles.